The van der Waals surface area contributed by atoms with Crippen LogP contribution in [0.3, 0.4) is 0 Å². The summed E-state index contributed by atoms with van der Waals surface area (Å²) in [4.78, 5) is 17.3. The van der Waals surface area contributed by atoms with E-state index in [1.165, 1.54) is 18.4 Å². The highest BCUT2D eigenvalue weighted by molar-refractivity contribution is 5.98. The Labute approximate surface area is 125 Å². The first-order valence-corrected chi connectivity index (χ1v) is 8.05. The van der Waals surface area contributed by atoms with E-state index >= 15 is 0 Å². The zero-order chi connectivity index (χ0) is 14.2. The summed E-state index contributed by atoms with van der Waals surface area (Å²) in [5, 5.41) is 0. The fourth-order valence-corrected chi connectivity index (χ4v) is 3.38. The van der Waals surface area contributed by atoms with Gasteiger partial charge in [-0.15, -0.1) is 0 Å². The zero-order valence-electron chi connectivity index (χ0n) is 12.4. The summed E-state index contributed by atoms with van der Waals surface area (Å²) in [7, 11) is 0. The lowest BCUT2D eigenvalue weighted by Gasteiger charge is -2.34. The highest BCUT2D eigenvalue weighted by atomic mass is 16.5. The first-order valence-electron chi connectivity index (χ1n) is 8.05. The van der Waals surface area contributed by atoms with E-state index in [0.29, 0.717) is 6.54 Å². The molecule has 3 aliphatic rings. The first kappa shape index (κ1) is 13.3. The Morgan fingerprint density at radius 1 is 1.19 bits per heavy atom. The van der Waals surface area contributed by atoms with E-state index in [1.807, 2.05) is 18.2 Å². The Morgan fingerprint density at radius 2 is 2.00 bits per heavy atom. The Hall–Kier alpha value is -1.39. The van der Waals surface area contributed by atoms with Crippen LogP contribution in [0.15, 0.2) is 18.2 Å². The van der Waals surface area contributed by atoms with E-state index in [0.717, 1.165) is 56.6 Å². The van der Waals surface area contributed by atoms with Gasteiger partial charge in [0.2, 0.25) is 0 Å². The molecule has 4 nitrogen and oxygen atoms in total. The summed E-state index contributed by atoms with van der Waals surface area (Å²) in [6.07, 6.45) is 3.67. The summed E-state index contributed by atoms with van der Waals surface area (Å²) in [5.41, 5.74) is 2.02. The van der Waals surface area contributed by atoms with Crippen LogP contribution in [0.1, 0.15) is 28.8 Å². The third-order valence-electron chi connectivity index (χ3n) is 4.85. The number of hydrogen-bond acceptors (Lipinski definition) is 4. The molecule has 4 rings (SSSR count). The van der Waals surface area contributed by atoms with Gasteiger partial charge in [0.15, 0.2) is 5.78 Å². The van der Waals surface area contributed by atoms with Gasteiger partial charge >= 0.3 is 0 Å². The molecule has 1 saturated heterocycles. The van der Waals surface area contributed by atoms with Crippen LogP contribution in [-0.2, 0) is 6.42 Å². The second kappa shape index (κ2) is 5.43. The molecule has 0 N–H and O–H groups in total. The van der Waals surface area contributed by atoms with Gasteiger partial charge in [-0.25, -0.2) is 0 Å². The number of nitrogens with zero attached hydrogens (tertiary/aromatic N) is 2. The SMILES string of the molecule is O=C(CN1CCN(C2CC2)CC1)c1ccc2c(c1)CCO2. The van der Waals surface area contributed by atoms with E-state index in [-0.39, 0.29) is 5.78 Å². The Bertz CT molecular complexity index is 546. The van der Waals surface area contributed by atoms with Crippen LogP contribution in [0.5, 0.6) is 5.75 Å². The molecule has 0 unspecified atom stereocenters. The van der Waals surface area contributed by atoms with Crippen molar-refractivity contribution in [1.82, 2.24) is 9.80 Å². The predicted octanol–water partition coefficient (Wildman–Crippen LogP) is 1.58. The standard InChI is InChI=1S/C17H22N2O2/c20-16(13-1-4-17-14(11-13)5-10-21-17)12-18-6-8-19(9-7-18)15-2-3-15/h1,4,11,15H,2-3,5-10,12H2. The minimum atomic E-state index is 0.240. The summed E-state index contributed by atoms with van der Waals surface area (Å²) in [6, 6.07) is 6.72. The topological polar surface area (TPSA) is 32.8 Å². The van der Waals surface area contributed by atoms with Crippen molar-refractivity contribution in [2.45, 2.75) is 25.3 Å². The number of carbonyl (C=O) groups is 1. The van der Waals surface area contributed by atoms with Crippen LogP contribution in [0.25, 0.3) is 0 Å². The highest BCUT2D eigenvalue weighted by Crippen LogP contribution is 2.28. The molecule has 1 saturated carbocycles. The lowest BCUT2D eigenvalue weighted by atomic mass is 10.0. The Morgan fingerprint density at radius 3 is 2.76 bits per heavy atom. The number of hydrogen-bond donors (Lipinski definition) is 0. The zero-order valence-corrected chi connectivity index (χ0v) is 12.4. The van der Waals surface area contributed by atoms with E-state index in [4.69, 9.17) is 4.74 Å². The Balaban J connectivity index is 1.35. The van der Waals surface area contributed by atoms with Crippen molar-refractivity contribution < 1.29 is 9.53 Å². The molecule has 1 aromatic carbocycles. The van der Waals surface area contributed by atoms with Gasteiger partial charge in [-0.2, -0.15) is 0 Å². The molecule has 2 heterocycles. The molecule has 21 heavy (non-hydrogen) atoms. The summed E-state index contributed by atoms with van der Waals surface area (Å²) >= 11 is 0. The number of benzene rings is 1. The fraction of sp³-hybridized carbons (Fsp3) is 0.588. The molecule has 112 valence electrons. The second-order valence-corrected chi connectivity index (χ2v) is 6.39. The Kier molecular flexibility index (Phi) is 3.43. The molecule has 1 aliphatic carbocycles. The summed E-state index contributed by atoms with van der Waals surface area (Å²) < 4.78 is 5.50. The number of fused-ring (bicyclic) bond motifs is 1. The van der Waals surface area contributed by atoms with Crippen molar-refractivity contribution in [1.29, 1.82) is 0 Å². The summed E-state index contributed by atoms with van der Waals surface area (Å²) in [5.74, 6) is 1.19. The maximum atomic E-state index is 12.4. The van der Waals surface area contributed by atoms with E-state index in [1.54, 1.807) is 0 Å². The van der Waals surface area contributed by atoms with Crippen molar-refractivity contribution >= 4 is 5.78 Å². The molecule has 1 aromatic rings. The molecule has 0 bridgehead atoms. The molecule has 2 aliphatic heterocycles. The number of carbonyl (C=O) groups excluding carboxylic acids is 1. The van der Waals surface area contributed by atoms with Crippen molar-refractivity contribution in [3.8, 4) is 5.75 Å². The van der Waals surface area contributed by atoms with Crippen LogP contribution in [0, 0.1) is 0 Å². The number of rotatable bonds is 4. The molecular weight excluding hydrogens is 264 g/mol. The van der Waals surface area contributed by atoms with Gasteiger partial charge in [0.1, 0.15) is 5.75 Å². The molecule has 0 spiro atoms. The van der Waals surface area contributed by atoms with Crippen LogP contribution < -0.4 is 4.74 Å². The molecule has 2 fully saturated rings. The van der Waals surface area contributed by atoms with E-state index in [2.05, 4.69) is 9.80 Å². The smallest absolute Gasteiger partial charge is 0.176 e. The molecule has 0 radical (unpaired) electrons. The largest absolute Gasteiger partial charge is 0.493 e. The van der Waals surface area contributed by atoms with Crippen molar-refractivity contribution in [2.24, 2.45) is 0 Å². The van der Waals surface area contributed by atoms with Crippen molar-refractivity contribution in [2.75, 3.05) is 39.3 Å². The summed E-state index contributed by atoms with van der Waals surface area (Å²) in [6.45, 7) is 5.59. The molecule has 4 heteroatoms. The average Bonchev–Trinajstić information content (AvgIpc) is 3.25. The number of piperazine rings is 1. The maximum Gasteiger partial charge on any atom is 0.176 e. The van der Waals surface area contributed by atoms with Gasteiger partial charge in [0, 0.05) is 44.2 Å². The van der Waals surface area contributed by atoms with E-state index < -0.39 is 0 Å². The first-order chi connectivity index (χ1) is 10.3. The molecule has 0 atom stereocenters. The predicted molar refractivity (Wildman–Crippen MR) is 81.0 cm³/mol. The van der Waals surface area contributed by atoms with Crippen LogP contribution >= 0.6 is 0 Å². The van der Waals surface area contributed by atoms with Crippen LogP contribution in [-0.4, -0.2) is 61.0 Å². The third kappa shape index (κ3) is 2.83. The average molecular weight is 286 g/mol. The minimum Gasteiger partial charge on any atom is -0.493 e. The monoisotopic (exact) mass is 286 g/mol. The van der Waals surface area contributed by atoms with Gasteiger partial charge in [0.25, 0.3) is 0 Å². The minimum absolute atomic E-state index is 0.240. The maximum absolute atomic E-state index is 12.4. The van der Waals surface area contributed by atoms with Crippen molar-refractivity contribution in [3.05, 3.63) is 29.3 Å². The number of ether oxygens (including phenoxy) is 1. The van der Waals surface area contributed by atoms with Gasteiger partial charge < -0.3 is 4.74 Å². The lowest BCUT2D eigenvalue weighted by Crippen LogP contribution is -2.48. The quantitative estimate of drug-likeness (QED) is 0.787. The molecule has 0 amide bonds. The van der Waals surface area contributed by atoms with Gasteiger partial charge in [-0.05, 0) is 36.6 Å². The highest BCUT2D eigenvalue weighted by Gasteiger charge is 2.31. The van der Waals surface area contributed by atoms with Crippen molar-refractivity contribution in [3.63, 3.8) is 0 Å². The third-order valence-corrected chi connectivity index (χ3v) is 4.85. The van der Waals surface area contributed by atoms with Crippen LogP contribution in [0.4, 0.5) is 0 Å². The normalized spacial score (nSPS) is 22.9. The molecule has 0 aromatic heterocycles. The van der Waals surface area contributed by atoms with Gasteiger partial charge in [0.05, 0.1) is 13.2 Å². The van der Waals surface area contributed by atoms with Gasteiger partial charge in [-0.1, -0.05) is 0 Å². The van der Waals surface area contributed by atoms with Crippen LogP contribution in [0.2, 0.25) is 0 Å². The molecular formula is C17H22N2O2. The number of ketones is 1. The second-order valence-electron chi connectivity index (χ2n) is 6.39. The van der Waals surface area contributed by atoms with Gasteiger partial charge in [-0.3, -0.25) is 14.6 Å². The fourth-order valence-electron chi connectivity index (χ4n) is 3.38. The lowest BCUT2D eigenvalue weighted by molar-refractivity contribution is 0.0843. The van der Waals surface area contributed by atoms with E-state index in [9.17, 15) is 4.79 Å². The number of Topliss-reactive ketones (excluding diaryl/α,β-unsaturated/α-hetero) is 1.